The van der Waals surface area contributed by atoms with Crippen molar-refractivity contribution in [2.75, 3.05) is 19.7 Å². The lowest BCUT2D eigenvalue weighted by Gasteiger charge is -2.18. The molecule has 9 heteroatoms. The zero-order chi connectivity index (χ0) is 16.5. The Morgan fingerprint density at radius 2 is 2.09 bits per heavy atom. The van der Waals surface area contributed by atoms with E-state index in [0.29, 0.717) is 18.6 Å². The Labute approximate surface area is 125 Å². The maximum Gasteiger partial charge on any atom is 0.416 e. The fraction of sp³-hybridized carbons (Fsp3) is 0.462. The first-order valence-electron chi connectivity index (χ1n) is 6.42. The van der Waals surface area contributed by atoms with E-state index in [1.165, 1.54) is 6.07 Å². The Balaban J connectivity index is 2.42. The quantitative estimate of drug-likeness (QED) is 0.910. The van der Waals surface area contributed by atoms with Gasteiger partial charge in [-0.25, -0.2) is 8.42 Å². The molecule has 1 atom stereocenters. The van der Waals surface area contributed by atoms with Crippen LogP contribution in [-0.2, 0) is 16.2 Å². The lowest BCUT2D eigenvalue weighted by molar-refractivity contribution is -0.137. The molecular formula is C13H13F3N2O3S. The van der Waals surface area contributed by atoms with Crippen LogP contribution in [0.25, 0.3) is 0 Å². The zero-order valence-corrected chi connectivity index (χ0v) is 12.2. The third-order valence-electron chi connectivity index (χ3n) is 3.55. The van der Waals surface area contributed by atoms with Crippen molar-refractivity contribution in [1.29, 1.82) is 5.26 Å². The summed E-state index contributed by atoms with van der Waals surface area (Å²) < 4.78 is 63.9. The average molecular weight is 334 g/mol. The number of aliphatic hydroxyl groups excluding tert-OH is 1. The van der Waals surface area contributed by atoms with Gasteiger partial charge in [-0.1, -0.05) is 0 Å². The van der Waals surface area contributed by atoms with E-state index in [4.69, 9.17) is 10.4 Å². The van der Waals surface area contributed by atoms with Crippen LogP contribution >= 0.6 is 0 Å². The number of halogens is 3. The van der Waals surface area contributed by atoms with E-state index in [9.17, 15) is 21.6 Å². The Morgan fingerprint density at radius 3 is 2.59 bits per heavy atom. The number of benzene rings is 1. The summed E-state index contributed by atoms with van der Waals surface area (Å²) in [6, 6.07) is 3.50. The summed E-state index contributed by atoms with van der Waals surface area (Å²) in [6.45, 7) is 0.0916. The minimum Gasteiger partial charge on any atom is -0.396 e. The molecule has 120 valence electrons. The molecule has 1 aromatic rings. The summed E-state index contributed by atoms with van der Waals surface area (Å²) >= 11 is 0. The lowest BCUT2D eigenvalue weighted by Crippen LogP contribution is -2.30. The number of nitrogens with zero attached hydrogens (tertiary/aromatic N) is 2. The minimum absolute atomic E-state index is 0.0880. The van der Waals surface area contributed by atoms with Crippen LogP contribution in [0.4, 0.5) is 13.2 Å². The number of hydrogen-bond donors (Lipinski definition) is 1. The molecule has 1 saturated heterocycles. The van der Waals surface area contributed by atoms with Crippen molar-refractivity contribution >= 4 is 10.0 Å². The SMILES string of the molecule is N#Cc1cc(C(F)(F)F)ccc1S(=O)(=O)N1CCC(CO)C1. The summed E-state index contributed by atoms with van der Waals surface area (Å²) in [5, 5.41) is 18.0. The van der Waals surface area contributed by atoms with Crippen LogP contribution in [0.5, 0.6) is 0 Å². The molecule has 5 nitrogen and oxygen atoms in total. The number of sulfonamides is 1. The van der Waals surface area contributed by atoms with Crippen molar-refractivity contribution < 1.29 is 26.7 Å². The van der Waals surface area contributed by atoms with Crippen LogP contribution in [0.2, 0.25) is 0 Å². The second-order valence-corrected chi connectivity index (χ2v) is 6.93. The average Bonchev–Trinajstić information content (AvgIpc) is 2.95. The number of hydrogen-bond acceptors (Lipinski definition) is 4. The molecule has 0 radical (unpaired) electrons. The summed E-state index contributed by atoms with van der Waals surface area (Å²) in [7, 11) is -4.05. The van der Waals surface area contributed by atoms with Gasteiger partial charge in [-0.3, -0.25) is 0 Å². The number of rotatable bonds is 3. The van der Waals surface area contributed by atoms with Crippen molar-refractivity contribution in [3.05, 3.63) is 29.3 Å². The molecule has 1 unspecified atom stereocenters. The van der Waals surface area contributed by atoms with Gasteiger partial charge in [0.15, 0.2) is 0 Å². The third kappa shape index (κ3) is 3.09. The van der Waals surface area contributed by atoms with E-state index in [-0.39, 0.29) is 25.6 Å². The maximum atomic E-state index is 12.6. The van der Waals surface area contributed by atoms with Gasteiger partial charge in [0.05, 0.1) is 16.0 Å². The fourth-order valence-corrected chi connectivity index (χ4v) is 3.98. The van der Waals surface area contributed by atoms with E-state index in [2.05, 4.69) is 0 Å². The number of aliphatic hydroxyl groups is 1. The predicted octanol–water partition coefficient (Wildman–Crippen LogP) is 1.58. The molecule has 0 aliphatic carbocycles. The van der Waals surface area contributed by atoms with E-state index < -0.39 is 32.2 Å². The third-order valence-corrected chi connectivity index (χ3v) is 5.48. The monoisotopic (exact) mass is 334 g/mol. The van der Waals surface area contributed by atoms with Crippen LogP contribution in [0.15, 0.2) is 23.1 Å². The highest BCUT2D eigenvalue weighted by molar-refractivity contribution is 7.89. The Hall–Kier alpha value is -1.63. The van der Waals surface area contributed by atoms with Crippen molar-refractivity contribution in [3.63, 3.8) is 0 Å². The van der Waals surface area contributed by atoms with Crippen LogP contribution in [0.1, 0.15) is 17.5 Å². The molecule has 2 rings (SSSR count). The molecule has 1 fully saturated rings. The van der Waals surface area contributed by atoms with E-state index >= 15 is 0 Å². The van der Waals surface area contributed by atoms with Crippen molar-refractivity contribution in [1.82, 2.24) is 4.31 Å². The molecule has 0 aromatic heterocycles. The molecule has 0 saturated carbocycles. The topological polar surface area (TPSA) is 81.4 Å². The summed E-state index contributed by atoms with van der Waals surface area (Å²) in [5.74, 6) is -0.199. The minimum atomic E-state index is -4.65. The maximum absolute atomic E-state index is 12.6. The molecule has 22 heavy (non-hydrogen) atoms. The molecule has 0 amide bonds. The van der Waals surface area contributed by atoms with Gasteiger partial charge in [0, 0.05) is 19.7 Å². The second-order valence-electron chi connectivity index (χ2n) is 5.02. The zero-order valence-electron chi connectivity index (χ0n) is 11.3. The molecule has 1 aromatic carbocycles. The van der Waals surface area contributed by atoms with Crippen molar-refractivity contribution in [3.8, 4) is 6.07 Å². The van der Waals surface area contributed by atoms with Gasteiger partial charge in [-0.15, -0.1) is 0 Å². The predicted molar refractivity (Wildman–Crippen MR) is 70.1 cm³/mol. The summed E-state index contributed by atoms with van der Waals surface area (Å²) in [5.41, 5.74) is -1.61. The van der Waals surface area contributed by atoms with Crippen molar-refractivity contribution in [2.45, 2.75) is 17.5 Å². The van der Waals surface area contributed by atoms with Crippen LogP contribution in [0, 0.1) is 17.2 Å². The highest BCUT2D eigenvalue weighted by Gasteiger charge is 2.36. The molecule has 1 aliphatic rings. The smallest absolute Gasteiger partial charge is 0.396 e. The molecule has 1 heterocycles. The largest absolute Gasteiger partial charge is 0.416 e. The summed E-state index contributed by atoms with van der Waals surface area (Å²) in [6.07, 6.45) is -4.18. The first kappa shape index (κ1) is 16.7. The van der Waals surface area contributed by atoms with Gasteiger partial charge in [0.25, 0.3) is 0 Å². The second kappa shape index (κ2) is 5.87. The van der Waals surface area contributed by atoms with E-state index in [1.54, 1.807) is 0 Å². The summed E-state index contributed by atoms with van der Waals surface area (Å²) in [4.78, 5) is -0.443. The molecule has 0 spiro atoms. The van der Waals surface area contributed by atoms with Gasteiger partial charge in [-0.05, 0) is 30.5 Å². The van der Waals surface area contributed by atoms with Gasteiger partial charge in [0.2, 0.25) is 10.0 Å². The van der Waals surface area contributed by atoms with Crippen molar-refractivity contribution in [2.24, 2.45) is 5.92 Å². The molecule has 1 aliphatic heterocycles. The Bertz CT molecular complexity index is 710. The first-order chi connectivity index (χ1) is 10.2. The first-order valence-corrected chi connectivity index (χ1v) is 7.86. The number of alkyl halides is 3. The number of nitriles is 1. The van der Waals surface area contributed by atoms with Gasteiger partial charge in [0.1, 0.15) is 6.07 Å². The van der Waals surface area contributed by atoms with E-state index in [0.717, 1.165) is 10.4 Å². The Kier molecular flexibility index (Phi) is 4.47. The van der Waals surface area contributed by atoms with Crippen LogP contribution in [-0.4, -0.2) is 37.5 Å². The van der Waals surface area contributed by atoms with Crippen LogP contribution in [0.3, 0.4) is 0 Å². The molecular weight excluding hydrogens is 321 g/mol. The Morgan fingerprint density at radius 1 is 1.41 bits per heavy atom. The van der Waals surface area contributed by atoms with E-state index in [1.807, 2.05) is 0 Å². The lowest BCUT2D eigenvalue weighted by atomic mass is 10.1. The fourth-order valence-electron chi connectivity index (χ4n) is 2.32. The molecule has 1 N–H and O–H groups in total. The highest BCUT2D eigenvalue weighted by Crippen LogP contribution is 2.33. The van der Waals surface area contributed by atoms with Gasteiger partial charge < -0.3 is 5.11 Å². The van der Waals surface area contributed by atoms with Gasteiger partial charge >= 0.3 is 6.18 Å². The van der Waals surface area contributed by atoms with Crippen LogP contribution < -0.4 is 0 Å². The normalized spacial score (nSPS) is 20.0. The standard InChI is InChI=1S/C13H13F3N2O3S/c14-13(15,16)11-1-2-12(10(5-11)6-17)22(20,21)18-4-3-9(7-18)8-19/h1-2,5,9,19H,3-4,7-8H2. The molecule has 0 bridgehead atoms. The van der Waals surface area contributed by atoms with Gasteiger partial charge in [-0.2, -0.15) is 22.7 Å². The highest BCUT2D eigenvalue weighted by atomic mass is 32.2.